The first-order chi connectivity index (χ1) is 34.8. The standard InChI is InChI=1S/C27H26F3NO6.C27H28F3NO6/c1-25(2)22-8-15-7-14(18(28)11-19(15)31(22)12-17(13-32)35-24(25)34)9-23(33)26(5-6-26)16-3-4-20-21(10-16)37-27(29,30)36-20;1-25(2,14-33)23-8-16-7-15(19(28)11-20(16)31(23)12-18(34)13-32)9-24(35)26(5-6-26)17-3-4-21-22(10-17)37-27(29,30)36-21/h3-4,7-8,10-11,17,24,32,34H,5-6,9,12-13H2,1-2H3;3-4,7-8,10-11,18,32-34H,5-6,9,12-14H2,1-2H3/t17-,24?;18-/m11/s1. The third kappa shape index (κ3) is 9.06. The smallest absolute Gasteiger partial charge is 0.395 e. The Balaban J connectivity index is 0.000000169. The van der Waals surface area contributed by atoms with Gasteiger partial charge in [-0.2, -0.15) is 0 Å². The highest BCUT2D eigenvalue weighted by atomic mass is 19.3. The first kappa shape index (κ1) is 51.3. The predicted molar refractivity (Wildman–Crippen MR) is 253 cm³/mol. The molecular weight excluding hydrogens is 983 g/mol. The Bertz CT molecular complexity index is 3080. The summed E-state index contributed by atoms with van der Waals surface area (Å²) in [7, 11) is 0. The van der Waals surface area contributed by atoms with Crippen molar-refractivity contribution in [2.24, 2.45) is 0 Å². The number of carbonyl (C=O) groups is 2. The molecule has 20 heteroatoms. The molecule has 2 saturated carbocycles. The maximum absolute atomic E-state index is 15.3. The minimum Gasteiger partial charge on any atom is -0.395 e. The number of alkyl halides is 4. The lowest BCUT2D eigenvalue weighted by Crippen LogP contribution is -2.37. The number of nitrogens with zero attached hydrogens (tertiary/aromatic N) is 2. The highest BCUT2D eigenvalue weighted by molar-refractivity contribution is 5.97. The van der Waals surface area contributed by atoms with E-state index in [2.05, 4.69) is 18.9 Å². The van der Waals surface area contributed by atoms with E-state index in [1.807, 2.05) is 24.5 Å². The fraction of sp³-hybridized carbons (Fsp3) is 0.444. The number of rotatable bonds is 14. The molecule has 0 bridgehead atoms. The zero-order chi connectivity index (χ0) is 53.1. The Morgan fingerprint density at radius 3 is 1.66 bits per heavy atom. The molecular formula is C54H54F6N2O12. The van der Waals surface area contributed by atoms with Crippen LogP contribution in [0.5, 0.6) is 23.0 Å². The Morgan fingerprint density at radius 1 is 0.703 bits per heavy atom. The summed E-state index contributed by atoms with van der Waals surface area (Å²) in [4.78, 5) is 26.8. The number of hydrogen-bond donors (Lipinski definition) is 5. The molecule has 2 aromatic heterocycles. The van der Waals surface area contributed by atoms with Crippen LogP contribution in [-0.4, -0.2) is 97.1 Å². The van der Waals surface area contributed by atoms with Gasteiger partial charge in [0.05, 0.1) is 66.3 Å². The molecule has 2 fully saturated rings. The minimum atomic E-state index is -3.76. The van der Waals surface area contributed by atoms with Gasteiger partial charge in [0, 0.05) is 40.4 Å². The van der Waals surface area contributed by atoms with Crippen molar-refractivity contribution in [2.75, 3.05) is 19.8 Å². The summed E-state index contributed by atoms with van der Waals surface area (Å²) in [5, 5.41) is 50.9. The van der Waals surface area contributed by atoms with Gasteiger partial charge in [-0.05, 0) is 122 Å². The number of ether oxygens (including phenoxy) is 5. The summed E-state index contributed by atoms with van der Waals surface area (Å²) < 4.78 is 111. The lowest BCUT2D eigenvalue weighted by atomic mass is 9.87. The minimum absolute atomic E-state index is 0.00273. The van der Waals surface area contributed by atoms with Crippen LogP contribution in [-0.2, 0) is 61.9 Å². The second-order valence-electron chi connectivity index (χ2n) is 21.2. The maximum atomic E-state index is 15.3. The zero-order valence-electron chi connectivity index (χ0n) is 40.7. The molecule has 11 rings (SSSR count). The SMILES string of the molecule is CC(C)(CO)c1cc2cc(CC(=O)C3(c4ccc5c(c4)OC(F)(F)O5)CC3)c(F)cc2n1C[C@@H](O)CO.CC1(C)c2cc3cc(CC(=O)C4(c5ccc6c(c5)OC(F)(F)O6)CC4)c(F)cc3n2C[C@H](CO)OC1O. The van der Waals surface area contributed by atoms with Crippen molar-refractivity contribution in [1.29, 1.82) is 0 Å². The van der Waals surface area contributed by atoms with Gasteiger partial charge in [0.1, 0.15) is 29.3 Å². The van der Waals surface area contributed by atoms with Crippen molar-refractivity contribution in [3.8, 4) is 23.0 Å². The van der Waals surface area contributed by atoms with Gasteiger partial charge >= 0.3 is 12.6 Å². The fourth-order valence-corrected chi connectivity index (χ4v) is 10.5. The van der Waals surface area contributed by atoms with Gasteiger partial charge in [-0.15, -0.1) is 17.6 Å². The van der Waals surface area contributed by atoms with E-state index in [1.165, 1.54) is 36.4 Å². The average molecular weight is 1040 g/mol. The second kappa shape index (κ2) is 18.0. The van der Waals surface area contributed by atoms with Crippen LogP contribution in [0.3, 0.4) is 0 Å². The average Bonchev–Trinajstić information content (AvgIpc) is 4.22. The summed E-state index contributed by atoms with van der Waals surface area (Å²) in [6.45, 7) is 6.49. The van der Waals surface area contributed by atoms with E-state index in [-0.39, 0.29) is 84.8 Å². The Labute approximate surface area is 419 Å². The third-order valence-electron chi connectivity index (χ3n) is 15.2. The van der Waals surface area contributed by atoms with Gasteiger partial charge < -0.3 is 58.4 Å². The van der Waals surface area contributed by atoms with E-state index in [9.17, 15) is 52.7 Å². The monoisotopic (exact) mass is 1040 g/mol. The number of aliphatic hydroxyl groups excluding tert-OH is 5. The molecule has 3 aliphatic heterocycles. The number of ketones is 2. The van der Waals surface area contributed by atoms with E-state index in [0.29, 0.717) is 64.3 Å². The molecule has 4 aromatic carbocycles. The fourth-order valence-electron chi connectivity index (χ4n) is 10.5. The Kier molecular flexibility index (Phi) is 12.5. The van der Waals surface area contributed by atoms with Crippen LogP contribution in [0.4, 0.5) is 26.3 Å². The first-order valence-electron chi connectivity index (χ1n) is 24.2. The molecule has 0 amide bonds. The van der Waals surface area contributed by atoms with Crippen molar-refractivity contribution in [2.45, 2.75) is 132 Å². The van der Waals surface area contributed by atoms with Crippen molar-refractivity contribution in [3.63, 3.8) is 0 Å². The van der Waals surface area contributed by atoms with E-state index < -0.39 is 71.0 Å². The van der Waals surface area contributed by atoms with Crippen molar-refractivity contribution >= 4 is 33.4 Å². The van der Waals surface area contributed by atoms with E-state index in [0.717, 1.165) is 5.69 Å². The lowest BCUT2D eigenvalue weighted by molar-refractivity contribution is -0.287. The Hall–Kier alpha value is -6.16. The van der Waals surface area contributed by atoms with E-state index >= 15 is 8.78 Å². The van der Waals surface area contributed by atoms with Crippen LogP contribution in [0.2, 0.25) is 0 Å². The summed E-state index contributed by atoms with van der Waals surface area (Å²) in [6.07, 6.45) is -8.70. The van der Waals surface area contributed by atoms with Gasteiger partial charge in [-0.3, -0.25) is 9.59 Å². The molecule has 3 atom stereocenters. The topological polar surface area (TPSA) is 191 Å². The van der Waals surface area contributed by atoms with E-state index in [4.69, 9.17) is 4.74 Å². The molecule has 5 aliphatic rings. The molecule has 1 unspecified atom stereocenters. The molecule has 2 aliphatic carbocycles. The van der Waals surface area contributed by atoms with E-state index in [1.54, 1.807) is 48.7 Å². The van der Waals surface area contributed by atoms with Gasteiger partial charge in [0.15, 0.2) is 29.3 Å². The summed E-state index contributed by atoms with van der Waals surface area (Å²) in [6, 6.07) is 18.1. The number of aromatic nitrogens is 2. The van der Waals surface area contributed by atoms with Gasteiger partial charge in [-0.1, -0.05) is 26.0 Å². The number of aliphatic hydroxyl groups is 5. The normalized spacial score (nSPS) is 21.4. The molecule has 74 heavy (non-hydrogen) atoms. The zero-order valence-corrected chi connectivity index (χ0v) is 40.7. The molecule has 5 N–H and O–H groups in total. The van der Waals surface area contributed by atoms with Crippen molar-refractivity contribution in [1.82, 2.24) is 9.13 Å². The largest absolute Gasteiger partial charge is 0.586 e. The highest BCUT2D eigenvalue weighted by Gasteiger charge is 2.54. The first-order valence-corrected chi connectivity index (χ1v) is 24.2. The molecule has 394 valence electrons. The lowest BCUT2D eigenvalue weighted by Gasteiger charge is -2.29. The predicted octanol–water partition coefficient (Wildman–Crippen LogP) is 7.50. The van der Waals surface area contributed by atoms with Crippen LogP contribution in [0, 0.1) is 11.6 Å². The number of benzene rings is 4. The van der Waals surface area contributed by atoms with Crippen molar-refractivity contribution < 1.29 is 85.1 Å². The second-order valence-corrected chi connectivity index (χ2v) is 21.2. The summed E-state index contributed by atoms with van der Waals surface area (Å²) in [5.74, 6) is -2.06. The van der Waals surface area contributed by atoms with Crippen LogP contribution >= 0.6 is 0 Å². The maximum Gasteiger partial charge on any atom is 0.586 e. The number of Topliss-reactive ketones (excluding diaryl/α,β-unsaturated/α-hetero) is 2. The molecule has 0 radical (unpaired) electrons. The molecule has 6 aromatic rings. The van der Waals surface area contributed by atoms with Gasteiger partial charge in [0.2, 0.25) is 0 Å². The summed E-state index contributed by atoms with van der Waals surface area (Å²) >= 11 is 0. The highest BCUT2D eigenvalue weighted by Crippen LogP contribution is 2.54. The van der Waals surface area contributed by atoms with Crippen LogP contribution in [0.25, 0.3) is 21.8 Å². The quantitative estimate of drug-likeness (QED) is 0.0677. The van der Waals surface area contributed by atoms with Gasteiger partial charge in [-0.25, -0.2) is 8.78 Å². The van der Waals surface area contributed by atoms with Gasteiger partial charge in [0.25, 0.3) is 0 Å². The third-order valence-corrected chi connectivity index (χ3v) is 15.2. The van der Waals surface area contributed by atoms with Crippen LogP contribution < -0.4 is 18.9 Å². The van der Waals surface area contributed by atoms with Crippen LogP contribution in [0.15, 0.2) is 72.8 Å². The molecule has 0 spiro atoms. The Morgan fingerprint density at radius 2 is 1.19 bits per heavy atom. The molecule has 14 nitrogen and oxygen atoms in total. The molecule has 0 saturated heterocycles. The number of fused-ring (bicyclic) bond motifs is 6. The summed E-state index contributed by atoms with van der Waals surface area (Å²) in [5.41, 5.74) is 0.567. The van der Waals surface area contributed by atoms with Crippen molar-refractivity contribution in [3.05, 3.63) is 118 Å². The molecule has 5 heterocycles. The number of carbonyl (C=O) groups excluding carboxylic acids is 2. The number of halogens is 6. The van der Waals surface area contributed by atoms with Crippen LogP contribution in [0.1, 0.15) is 87.0 Å². The number of hydrogen-bond acceptors (Lipinski definition) is 12.